The Morgan fingerprint density at radius 3 is 2.62 bits per heavy atom. The zero-order chi connectivity index (χ0) is 28.6. The highest BCUT2D eigenvalue weighted by atomic mass is 19.4. The van der Waals surface area contributed by atoms with E-state index in [1.807, 2.05) is 0 Å². The van der Waals surface area contributed by atoms with Crippen molar-refractivity contribution >= 4 is 29.6 Å². The second-order valence-electron chi connectivity index (χ2n) is 10.6. The highest BCUT2D eigenvalue weighted by Gasteiger charge is 2.52. The van der Waals surface area contributed by atoms with Crippen molar-refractivity contribution in [2.24, 2.45) is 21.6 Å². The van der Waals surface area contributed by atoms with Crippen molar-refractivity contribution < 1.29 is 32.2 Å². The minimum absolute atomic E-state index is 0.00768. The van der Waals surface area contributed by atoms with Gasteiger partial charge in [0.1, 0.15) is 23.4 Å². The number of esters is 1. The number of nitrogens with one attached hydrogen (secondary N) is 1. The van der Waals surface area contributed by atoms with E-state index < -0.39 is 47.3 Å². The number of dihydropyridines is 1. The Labute approximate surface area is 223 Å². The molecule has 1 aromatic carbocycles. The molecule has 3 heterocycles. The first-order valence-corrected chi connectivity index (χ1v) is 12.3. The van der Waals surface area contributed by atoms with Crippen LogP contribution in [-0.4, -0.2) is 59.0 Å². The van der Waals surface area contributed by atoms with Crippen molar-refractivity contribution in [3.63, 3.8) is 0 Å². The maximum Gasteiger partial charge on any atom is 0.407 e. The average molecular weight is 547 g/mol. The Balaban J connectivity index is 1.60. The SMILES string of the molecule is CC(C)(C)OC(=O)[C@H]1CC[C@@](CC#N)(N2NC(=Nc3ccc([C@@H](N)C(F)(F)F)cc3)C3C(=O)N=CC=C32)CO1. The molecule has 4 atom stereocenters. The van der Waals surface area contributed by atoms with Crippen LogP contribution in [0.5, 0.6) is 0 Å². The van der Waals surface area contributed by atoms with Crippen LogP contribution in [0.4, 0.5) is 18.9 Å². The van der Waals surface area contributed by atoms with Gasteiger partial charge in [0.25, 0.3) is 5.91 Å². The maximum absolute atomic E-state index is 13.0. The first kappa shape index (κ1) is 28.3. The summed E-state index contributed by atoms with van der Waals surface area (Å²) < 4.78 is 50.2. The van der Waals surface area contributed by atoms with E-state index in [2.05, 4.69) is 21.5 Å². The number of amides is 1. The summed E-state index contributed by atoms with van der Waals surface area (Å²) in [6.07, 6.45) is -1.75. The summed E-state index contributed by atoms with van der Waals surface area (Å²) in [7, 11) is 0. The predicted octanol–water partition coefficient (Wildman–Crippen LogP) is 3.38. The molecule has 0 spiro atoms. The van der Waals surface area contributed by atoms with Gasteiger partial charge in [-0.05, 0) is 57.4 Å². The van der Waals surface area contributed by atoms with Crippen LogP contribution in [0.1, 0.15) is 51.6 Å². The van der Waals surface area contributed by atoms with Gasteiger partial charge in [-0.3, -0.25) is 15.2 Å². The van der Waals surface area contributed by atoms with Gasteiger partial charge in [-0.15, -0.1) is 0 Å². The first-order valence-electron chi connectivity index (χ1n) is 12.3. The number of nitrogens with zero attached hydrogens (tertiary/aromatic N) is 4. The van der Waals surface area contributed by atoms with Crippen molar-refractivity contribution in [1.82, 2.24) is 10.4 Å². The highest BCUT2D eigenvalue weighted by molar-refractivity contribution is 6.12. The lowest BCUT2D eigenvalue weighted by Gasteiger charge is -2.45. The third-order valence-electron chi connectivity index (χ3n) is 6.58. The first-order chi connectivity index (χ1) is 18.2. The zero-order valence-corrected chi connectivity index (χ0v) is 21.7. The molecule has 208 valence electrons. The van der Waals surface area contributed by atoms with Gasteiger partial charge in [0, 0.05) is 6.21 Å². The molecule has 0 saturated carbocycles. The van der Waals surface area contributed by atoms with Crippen molar-refractivity contribution in [2.45, 2.75) is 69.5 Å². The summed E-state index contributed by atoms with van der Waals surface area (Å²) in [5.41, 5.74) is 7.43. The van der Waals surface area contributed by atoms with Crippen molar-refractivity contribution in [3.05, 3.63) is 41.6 Å². The third-order valence-corrected chi connectivity index (χ3v) is 6.58. The normalized spacial score (nSPS) is 26.9. The molecule has 1 amide bonds. The quantitative estimate of drug-likeness (QED) is 0.536. The van der Waals surface area contributed by atoms with Crippen LogP contribution in [0, 0.1) is 17.2 Å². The van der Waals surface area contributed by atoms with E-state index in [-0.39, 0.29) is 30.8 Å². The van der Waals surface area contributed by atoms with Crippen molar-refractivity contribution in [1.29, 1.82) is 5.26 Å². The number of carbonyl (C=O) groups is 2. The third kappa shape index (κ3) is 5.97. The Hall–Kier alpha value is -3.76. The van der Waals surface area contributed by atoms with E-state index in [0.717, 1.165) is 0 Å². The number of nitriles is 1. The summed E-state index contributed by atoms with van der Waals surface area (Å²) >= 11 is 0. The lowest BCUT2D eigenvalue weighted by molar-refractivity contribution is -0.178. The smallest absolute Gasteiger partial charge is 0.407 e. The number of fused-ring (bicyclic) bond motifs is 1. The number of hydrogen-bond donors (Lipinski definition) is 2. The molecule has 2 saturated heterocycles. The number of carbonyl (C=O) groups excluding carboxylic acids is 2. The minimum atomic E-state index is -4.59. The molecular formula is C26H29F3N6O4. The number of ether oxygens (including phenoxy) is 2. The molecule has 4 rings (SSSR count). The molecule has 0 aromatic heterocycles. The molecule has 2 fully saturated rings. The number of benzene rings is 1. The van der Waals surface area contributed by atoms with Gasteiger partial charge in [-0.2, -0.15) is 18.4 Å². The topological polar surface area (TPSA) is 142 Å². The minimum Gasteiger partial charge on any atom is -0.458 e. The maximum atomic E-state index is 13.0. The highest BCUT2D eigenvalue weighted by Crippen LogP contribution is 2.40. The largest absolute Gasteiger partial charge is 0.458 e. The van der Waals surface area contributed by atoms with Gasteiger partial charge in [-0.1, -0.05) is 12.1 Å². The van der Waals surface area contributed by atoms with Crippen LogP contribution in [0.2, 0.25) is 0 Å². The van der Waals surface area contributed by atoms with E-state index in [1.54, 1.807) is 31.9 Å². The number of hydrazine groups is 1. The summed E-state index contributed by atoms with van der Waals surface area (Å²) in [6.45, 7) is 5.27. The van der Waals surface area contributed by atoms with Crippen LogP contribution in [0.3, 0.4) is 0 Å². The van der Waals surface area contributed by atoms with Crippen LogP contribution in [0.15, 0.2) is 46.0 Å². The van der Waals surface area contributed by atoms with Crippen LogP contribution in [0.25, 0.3) is 0 Å². The van der Waals surface area contributed by atoms with E-state index in [4.69, 9.17) is 15.2 Å². The number of rotatable bonds is 5. The molecule has 0 aliphatic carbocycles. The summed E-state index contributed by atoms with van der Waals surface area (Å²) in [5.74, 6) is -1.70. The molecule has 3 aliphatic rings. The number of hydrogen-bond acceptors (Lipinski definition) is 8. The Bertz CT molecular complexity index is 1250. The molecular weight excluding hydrogens is 517 g/mol. The van der Waals surface area contributed by atoms with Crippen LogP contribution in [-0.2, 0) is 19.1 Å². The number of alkyl halides is 3. The predicted molar refractivity (Wildman–Crippen MR) is 134 cm³/mol. The van der Waals surface area contributed by atoms with Gasteiger partial charge < -0.3 is 15.2 Å². The monoisotopic (exact) mass is 546 g/mol. The fraction of sp³-hybridized carbons (Fsp3) is 0.500. The van der Waals surface area contributed by atoms with Crippen LogP contribution < -0.4 is 11.2 Å². The summed E-state index contributed by atoms with van der Waals surface area (Å²) in [6, 6.07) is 5.24. The fourth-order valence-corrected chi connectivity index (χ4v) is 4.66. The van der Waals surface area contributed by atoms with Crippen LogP contribution >= 0.6 is 0 Å². The Morgan fingerprint density at radius 2 is 2.05 bits per heavy atom. The number of allylic oxidation sites excluding steroid dienone is 1. The van der Waals surface area contributed by atoms with Gasteiger partial charge in [0.05, 0.1) is 36.0 Å². The van der Waals surface area contributed by atoms with Gasteiger partial charge in [0.15, 0.2) is 6.10 Å². The van der Waals surface area contributed by atoms with Crippen molar-refractivity contribution in [2.75, 3.05) is 6.61 Å². The second kappa shape index (κ2) is 10.4. The molecule has 3 N–H and O–H groups in total. The molecule has 39 heavy (non-hydrogen) atoms. The molecule has 10 nitrogen and oxygen atoms in total. The summed E-state index contributed by atoms with van der Waals surface area (Å²) in [4.78, 5) is 33.7. The Morgan fingerprint density at radius 1 is 1.36 bits per heavy atom. The lowest BCUT2D eigenvalue weighted by Crippen LogP contribution is -2.58. The lowest BCUT2D eigenvalue weighted by atomic mass is 9.85. The average Bonchev–Trinajstić information content (AvgIpc) is 3.23. The van der Waals surface area contributed by atoms with Gasteiger partial charge in [-0.25, -0.2) is 14.8 Å². The number of amidine groups is 1. The fourth-order valence-electron chi connectivity index (χ4n) is 4.66. The van der Waals surface area contributed by atoms with E-state index in [1.165, 1.54) is 30.5 Å². The van der Waals surface area contributed by atoms with E-state index >= 15 is 0 Å². The van der Waals surface area contributed by atoms with Gasteiger partial charge in [0.2, 0.25) is 0 Å². The Kier molecular flexibility index (Phi) is 7.55. The van der Waals surface area contributed by atoms with E-state index in [9.17, 15) is 28.0 Å². The molecule has 0 radical (unpaired) electrons. The second-order valence-corrected chi connectivity index (χ2v) is 10.6. The van der Waals surface area contributed by atoms with Gasteiger partial charge >= 0.3 is 12.1 Å². The number of aliphatic imine (C=N–C) groups is 2. The summed E-state index contributed by atoms with van der Waals surface area (Å²) in [5, 5.41) is 11.3. The molecule has 1 aromatic rings. The molecule has 3 aliphatic heterocycles. The molecule has 13 heteroatoms. The zero-order valence-electron chi connectivity index (χ0n) is 21.7. The molecule has 1 unspecified atom stereocenters. The number of halogens is 3. The standard InChI is InChI=1S/C26H29F3N6O4/c1-24(2,3)39-23(37)18-8-10-25(11-12-30,14-38-18)35-17-9-13-32-22(36)19(17)21(34-35)33-16-6-4-15(5-7-16)20(31)26(27,28)29/h4-7,9,13,18-20H,8,10-11,14,31H2,1-3H3,(H,33,34)/t18-,19?,20-,25+/m1/s1. The van der Waals surface area contributed by atoms with Crippen molar-refractivity contribution in [3.8, 4) is 6.07 Å². The number of nitrogens with two attached hydrogens (primary N) is 1. The van der Waals surface area contributed by atoms with E-state index in [0.29, 0.717) is 17.8 Å². The molecule has 0 bridgehead atoms.